The molecule has 0 fully saturated rings. The number of aliphatic hydroxyl groups excluding tert-OH is 1. The SMILES string of the molecule is CC1(C)CC(=O)C(C(=O)c2cn(Cc3ccc(C(F)(F)F)nc3)nc2C(F)F)=C(O)C1. The molecule has 11 heteroatoms. The van der Waals surface area contributed by atoms with E-state index >= 15 is 0 Å². The maximum absolute atomic E-state index is 13.5. The summed E-state index contributed by atoms with van der Waals surface area (Å²) in [5.41, 5.74) is -3.44. The highest BCUT2D eigenvalue weighted by molar-refractivity contribution is 6.27. The highest BCUT2D eigenvalue weighted by Gasteiger charge is 2.38. The van der Waals surface area contributed by atoms with Crippen LogP contribution in [0.1, 0.15) is 60.4 Å². The molecule has 0 aromatic carbocycles. The zero-order chi connectivity index (χ0) is 23.1. The third-order valence-electron chi connectivity index (χ3n) is 4.78. The van der Waals surface area contributed by atoms with Gasteiger partial charge in [0.05, 0.1) is 12.1 Å². The third-order valence-corrected chi connectivity index (χ3v) is 4.78. The van der Waals surface area contributed by atoms with E-state index < -0.39 is 57.9 Å². The van der Waals surface area contributed by atoms with Crippen LogP contribution in [0.4, 0.5) is 22.0 Å². The molecule has 2 aromatic heterocycles. The van der Waals surface area contributed by atoms with E-state index in [1.165, 1.54) is 0 Å². The molecule has 3 rings (SSSR count). The van der Waals surface area contributed by atoms with E-state index in [1.807, 2.05) is 0 Å². The third kappa shape index (κ3) is 4.80. The number of nitrogens with zero attached hydrogens (tertiary/aromatic N) is 3. The minimum atomic E-state index is -4.62. The zero-order valence-corrected chi connectivity index (χ0v) is 16.5. The van der Waals surface area contributed by atoms with Crippen LogP contribution < -0.4 is 0 Å². The quantitative estimate of drug-likeness (QED) is 0.413. The van der Waals surface area contributed by atoms with Gasteiger partial charge in [-0.05, 0) is 17.0 Å². The monoisotopic (exact) mass is 443 g/mol. The Balaban J connectivity index is 1.92. The number of aliphatic hydroxyl groups is 1. The van der Waals surface area contributed by atoms with Crippen molar-refractivity contribution in [1.82, 2.24) is 14.8 Å². The fourth-order valence-corrected chi connectivity index (χ4v) is 3.41. The van der Waals surface area contributed by atoms with Crippen LogP contribution in [-0.4, -0.2) is 31.4 Å². The summed E-state index contributed by atoms with van der Waals surface area (Å²) >= 11 is 0. The number of halogens is 5. The van der Waals surface area contributed by atoms with Crippen molar-refractivity contribution in [3.8, 4) is 0 Å². The van der Waals surface area contributed by atoms with Crippen LogP contribution in [0.3, 0.4) is 0 Å². The Morgan fingerprint density at radius 2 is 1.94 bits per heavy atom. The number of pyridine rings is 1. The Kier molecular flexibility index (Phi) is 5.72. The second-order valence-electron chi connectivity index (χ2n) is 8.07. The molecule has 6 nitrogen and oxygen atoms in total. The van der Waals surface area contributed by atoms with Gasteiger partial charge in [0, 0.05) is 25.2 Å². The molecule has 0 spiro atoms. The molecule has 0 saturated carbocycles. The summed E-state index contributed by atoms with van der Waals surface area (Å²) in [4.78, 5) is 28.5. The molecule has 1 aliphatic carbocycles. The van der Waals surface area contributed by atoms with E-state index in [1.54, 1.807) is 13.8 Å². The van der Waals surface area contributed by atoms with E-state index in [9.17, 15) is 36.6 Å². The maximum atomic E-state index is 13.5. The lowest BCUT2D eigenvalue weighted by atomic mass is 9.75. The second kappa shape index (κ2) is 7.86. The zero-order valence-electron chi connectivity index (χ0n) is 16.5. The van der Waals surface area contributed by atoms with Gasteiger partial charge in [0.1, 0.15) is 22.7 Å². The van der Waals surface area contributed by atoms with E-state index in [4.69, 9.17) is 0 Å². The first-order chi connectivity index (χ1) is 14.3. The number of allylic oxidation sites excluding steroid dienone is 2. The molecule has 0 bridgehead atoms. The van der Waals surface area contributed by atoms with E-state index in [0.29, 0.717) is 0 Å². The van der Waals surface area contributed by atoms with Crippen molar-refractivity contribution in [3.63, 3.8) is 0 Å². The molecule has 0 radical (unpaired) electrons. The molecule has 0 amide bonds. The van der Waals surface area contributed by atoms with Gasteiger partial charge in [0.15, 0.2) is 5.78 Å². The molecular formula is C20H18F5N3O3. The van der Waals surface area contributed by atoms with Crippen molar-refractivity contribution < 1.29 is 36.6 Å². The first kappa shape index (κ1) is 22.6. The first-order valence-electron chi connectivity index (χ1n) is 9.16. The number of Topliss-reactive ketones (excluding diaryl/α,β-unsaturated/α-hetero) is 2. The van der Waals surface area contributed by atoms with Crippen LogP contribution in [-0.2, 0) is 17.5 Å². The van der Waals surface area contributed by atoms with Crippen LogP contribution in [0.5, 0.6) is 0 Å². The number of ketones is 2. The number of carbonyl (C=O) groups is 2. The fraction of sp³-hybridized carbons (Fsp3) is 0.400. The summed E-state index contributed by atoms with van der Waals surface area (Å²) in [5, 5.41) is 13.8. The predicted molar refractivity (Wildman–Crippen MR) is 97.5 cm³/mol. The Bertz CT molecular complexity index is 1050. The summed E-state index contributed by atoms with van der Waals surface area (Å²) in [6.07, 6.45) is -5.86. The Morgan fingerprint density at radius 1 is 1.26 bits per heavy atom. The molecule has 1 aliphatic rings. The highest BCUT2D eigenvalue weighted by atomic mass is 19.4. The molecule has 1 N–H and O–H groups in total. The van der Waals surface area contributed by atoms with E-state index in [-0.39, 0.29) is 24.9 Å². The average molecular weight is 443 g/mol. The van der Waals surface area contributed by atoms with Gasteiger partial charge in [-0.2, -0.15) is 18.3 Å². The number of carbonyl (C=O) groups excluding carboxylic acids is 2. The molecule has 0 saturated heterocycles. The Hall–Kier alpha value is -3.11. The molecule has 0 atom stereocenters. The van der Waals surface area contributed by atoms with Crippen molar-refractivity contribution in [2.24, 2.45) is 5.41 Å². The Morgan fingerprint density at radius 3 is 2.45 bits per heavy atom. The predicted octanol–water partition coefficient (Wildman–Crippen LogP) is 4.67. The molecule has 2 heterocycles. The molecule has 31 heavy (non-hydrogen) atoms. The lowest BCUT2D eigenvalue weighted by Crippen LogP contribution is -2.29. The van der Waals surface area contributed by atoms with Gasteiger partial charge in [0.25, 0.3) is 6.43 Å². The van der Waals surface area contributed by atoms with E-state index in [0.717, 1.165) is 29.2 Å². The standard InChI is InChI=1S/C20H18F5N3O3/c1-19(2)5-12(29)15(13(30)6-19)17(31)11-9-28(27-16(11)18(21)22)8-10-3-4-14(26-7-10)20(23,24)25/h3-4,7,9,18,29H,5-6,8H2,1-2H3. The number of hydrogen-bond acceptors (Lipinski definition) is 5. The van der Waals surface area contributed by atoms with Gasteiger partial charge in [-0.3, -0.25) is 19.3 Å². The van der Waals surface area contributed by atoms with Crippen LogP contribution in [0.15, 0.2) is 35.9 Å². The molecule has 2 aromatic rings. The summed E-state index contributed by atoms with van der Waals surface area (Å²) < 4.78 is 65.8. The van der Waals surface area contributed by atoms with Crippen molar-refractivity contribution in [2.75, 3.05) is 0 Å². The number of hydrogen-bond donors (Lipinski definition) is 1. The van der Waals surface area contributed by atoms with Gasteiger partial charge in [-0.1, -0.05) is 19.9 Å². The lowest BCUT2D eigenvalue weighted by Gasteiger charge is -2.28. The minimum absolute atomic E-state index is 0.0342. The van der Waals surface area contributed by atoms with Crippen LogP contribution in [0.2, 0.25) is 0 Å². The summed E-state index contributed by atoms with van der Waals surface area (Å²) in [6.45, 7) is 3.22. The summed E-state index contributed by atoms with van der Waals surface area (Å²) in [6, 6.07) is 1.85. The Labute approximate surface area is 173 Å². The number of rotatable bonds is 5. The number of aromatic nitrogens is 3. The first-order valence-corrected chi connectivity index (χ1v) is 9.16. The fourth-order valence-electron chi connectivity index (χ4n) is 3.41. The largest absolute Gasteiger partial charge is 0.511 e. The minimum Gasteiger partial charge on any atom is -0.511 e. The normalized spacial score (nSPS) is 16.8. The molecule has 0 unspecified atom stereocenters. The molecule has 166 valence electrons. The van der Waals surface area contributed by atoms with Crippen LogP contribution >= 0.6 is 0 Å². The number of alkyl halides is 5. The lowest BCUT2D eigenvalue weighted by molar-refractivity contribution is -0.141. The average Bonchev–Trinajstić information content (AvgIpc) is 3.03. The van der Waals surface area contributed by atoms with Gasteiger partial charge < -0.3 is 5.11 Å². The van der Waals surface area contributed by atoms with Gasteiger partial charge in [-0.15, -0.1) is 0 Å². The second-order valence-corrected chi connectivity index (χ2v) is 8.07. The topological polar surface area (TPSA) is 85.1 Å². The van der Waals surface area contributed by atoms with Crippen LogP contribution in [0, 0.1) is 5.41 Å². The van der Waals surface area contributed by atoms with Gasteiger partial charge in [-0.25, -0.2) is 8.78 Å². The van der Waals surface area contributed by atoms with E-state index in [2.05, 4.69) is 10.1 Å². The smallest absolute Gasteiger partial charge is 0.433 e. The summed E-state index contributed by atoms with van der Waals surface area (Å²) in [7, 11) is 0. The highest BCUT2D eigenvalue weighted by Crippen LogP contribution is 2.37. The van der Waals surface area contributed by atoms with Crippen molar-refractivity contribution in [3.05, 3.63) is 58.4 Å². The molecular weight excluding hydrogens is 425 g/mol. The van der Waals surface area contributed by atoms with Crippen LogP contribution in [0.25, 0.3) is 0 Å². The van der Waals surface area contributed by atoms with Gasteiger partial charge >= 0.3 is 6.18 Å². The molecule has 0 aliphatic heterocycles. The maximum Gasteiger partial charge on any atom is 0.433 e. The van der Waals surface area contributed by atoms with Crippen molar-refractivity contribution in [2.45, 2.75) is 45.8 Å². The van der Waals surface area contributed by atoms with Crippen molar-refractivity contribution >= 4 is 11.6 Å². The van der Waals surface area contributed by atoms with Crippen molar-refractivity contribution in [1.29, 1.82) is 0 Å². The summed E-state index contributed by atoms with van der Waals surface area (Å²) in [5.74, 6) is -2.19. The van der Waals surface area contributed by atoms with Gasteiger partial charge in [0.2, 0.25) is 5.78 Å².